The number of rotatable bonds is 1. The summed E-state index contributed by atoms with van der Waals surface area (Å²) in [7, 11) is 0. The lowest BCUT2D eigenvalue weighted by atomic mass is 9.95. The monoisotopic (exact) mass is 383 g/mol. The number of allylic oxidation sites excluding steroid dienone is 2. The topological polar surface area (TPSA) is 3.24 Å². The normalized spacial score (nSPS) is 18.8. The molecule has 0 spiro atoms. The lowest BCUT2D eigenvalue weighted by Gasteiger charge is -2.37. The molecular weight excluding hydrogens is 374 g/mol. The van der Waals surface area contributed by atoms with E-state index in [1.165, 1.54) is 0 Å². The Kier molecular flexibility index (Phi) is 5.37. The molecule has 1 saturated heterocycles. The van der Waals surface area contributed by atoms with Crippen molar-refractivity contribution >= 4 is 0 Å². The van der Waals surface area contributed by atoms with E-state index in [4.69, 9.17) is 0 Å². The predicted octanol–water partition coefficient (Wildman–Crippen LogP) is 5.20. The second-order valence-corrected chi connectivity index (χ2v) is 5.02. The molecule has 0 saturated carbocycles. The van der Waals surface area contributed by atoms with Crippen LogP contribution in [0.1, 0.15) is 12.8 Å². The molecule has 0 amide bonds. The van der Waals surface area contributed by atoms with Gasteiger partial charge in [-0.25, -0.2) is 0 Å². The van der Waals surface area contributed by atoms with E-state index < -0.39 is 67.8 Å². The highest BCUT2D eigenvalue weighted by molar-refractivity contribution is 5.27. The van der Waals surface area contributed by atoms with Crippen molar-refractivity contribution in [3.63, 3.8) is 0 Å². The maximum atomic E-state index is 12.8. The summed E-state index contributed by atoms with van der Waals surface area (Å²) >= 11 is 0. The number of hydrogen-bond donors (Lipinski definition) is 0. The van der Waals surface area contributed by atoms with Gasteiger partial charge in [0.2, 0.25) is 0 Å². The highest BCUT2D eigenvalue weighted by atomic mass is 19.4. The van der Waals surface area contributed by atoms with E-state index in [0.717, 1.165) is 0 Å². The molecule has 1 heterocycles. The first-order valence-corrected chi connectivity index (χ1v) is 6.23. The number of hydrogen-bond acceptors (Lipinski definition) is 1. The molecule has 142 valence electrons. The van der Waals surface area contributed by atoms with Crippen LogP contribution in [0.3, 0.4) is 0 Å². The van der Waals surface area contributed by atoms with Gasteiger partial charge in [-0.1, -0.05) is 0 Å². The molecule has 0 unspecified atom stereocenters. The molecular formula is C11H9F12N. The molecule has 0 aromatic rings. The smallest absolute Gasteiger partial charge is 0.367 e. The average molecular weight is 383 g/mol. The fraction of sp³-hybridized carbons (Fsp3) is 0.818. The first-order valence-electron chi connectivity index (χ1n) is 6.23. The van der Waals surface area contributed by atoms with Gasteiger partial charge in [-0.2, -0.15) is 52.7 Å². The minimum atomic E-state index is -6.37. The third kappa shape index (κ3) is 4.85. The van der Waals surface area contributed by atoms with E-state index in [9.17, 15) is 52.7 Å². The van der Waals surface area contributed by atoms with Crippen molar-refractivity contribution in [2.75, 3.05) is 13.1 Å². The van der Waals surface area contributed by atoms with Gasteiger partial charge in [-0.3, -0.25) is 0 Å². The van der Waals surface area contributed by atoms with Crippen LogP contribution in [0.5, 0.6) is 0 Å². The minimum absolute atomic E-state index is 0.335. The zero-order chi connectivity index (χ0) is 19.1. The summed E-state index contributed by atoms with van der Waals surface area (Å²) < 4.78 is 151. The molecule has 0 bridgehead atoms. The van der Waals surface area contributed by atoms with Gasteiger partial charge < -0.3 is 4.90 Å². The molecule has 13 heteroatoms. The van der Waals surface area contributed by atoms with Crippen LogP contribution in [-0.2, 0) is 0 Å². The maximum Gasteiger partial charge on any atom is 0.431 e. The standard InChI is InChI=1S/C11H9F12N/c12-8(13,14)5-1-3-24(4-2-5)7(11(21,22)23)6(9(15,16)17)10(18,19)20/h5H,1-4H2. The Morgan fingerprint density at radius 3 is 1.25 bits per heavy atom. The SMILES string of the molecule is FC(F)(F)C(=C(C(F)(F)F)C(F)(F)F)N1CCC(C(F)(F)F)CC1. The van der Waals surface area contributed by atoms with Crippen molar-refractivity contribution in [2.45, 2.75) is 37.5 Å². The van der Waals surface area contributed by atoms with Crippen LogP contribution in [0.15, 0.2) is 11.3 Å². The summed E-state index contributed by atoms with van der Waals surface area (Å²) in [5.74, 6) is -2.08. The van der Waals surface area contributed by atoms with Gasteiger partial charge >= 0.3 is 24.7 Å². The summed E-state index contributed by atoms with van der Waals surface area (Å²) in [6, 6.07) is 0. The third-order valence-electron chi connectivity index (χ3n) is 3.35. The molecule has 0 aromatic heterocycles. The summed E-state index contributed by atoms with van der Waals surface area (Å²) in [5, 5.41) is 0. The quantitative estimate of drug-likeness (QED) is 0.563. The second-order valence-electron chi connectivity index (χ2n) is 5.02. The summed E-state index contributed by atoms with van der Waals surface area (Å²) in [6.45, 7) is -2.46. The number of halogens is 12. The zero-order valence-corrected chi connectivity index (χ0v) is 11.4. The Hall–Kier alpha value is -1.30. The molecule has 1 fully saturated rings. The molecule has 0 radical (unpaired) electrons. The number of nitrogens with zero attached hydrogens (tertiary/aromatic N) is 1. The lowest BCUT2D eigenvalue weighted by Crippen LogP contribution is -2.45. The Bertz CT molecular complexity index is 453. The van der Waals surface area contributed by atoms with Gasteiger partial charge in [0, 0.05) is 13.1 Å². The highest BCUT2D eigenvalue weighted by Gasteiger charge is 2.59. The summed E-state index contributed by atoms with van der Waals surface area (Å²) in [4.78, 5) is -0.335. The predicted molar refractivity (Wildman–Crippen MR) is 55.5 cm³/mol. The second kappa shape index (κ2) is 6.21. The molecule has 1 aliphatic rings. The average Bonchev–Trinajstić information content (AvgIpc) is 2.30. The van der Waals surface area contributed by atoms with Gasteiger partial charge in [0.1, 0.15) is 5.70 Å². The molecule has 24 heavy (non-hydrogen) atoms. The van der Waals surface area contributed by atoms with Crippen LogP contribution < -0.4 is 0 Å². The van der Waals surface area contributed by atoms with E-state index in [2.05, 4.69) is 0 Å². The van der Waals surface area contributed by atoms with Crippen molar-refractivity contribution in [1.29, 1.82) is 0 Å². The van der Waals surface area contributed by atoms with Crippen molar-refractivity contribution in [1.82, 2.24) is 4.90 Å². The molecule has 0 atom stereocenters. The van der Waals surface area contributed by atoms with Gasteiger partial charge in [0.05, 0.1) is 5.92 Å². The molecule has 0 N–H and O–H groups in total. The van der Waals surface area contributed by atoms with Crippen LogP contribution in [0, 0.1) is 5.92 Å². The van der Waals surface area contributed by atoms with Gasteiger partial charge in [0.15, 0.2) is 5.57 Å². The molecule has 1 nitrogen and oxygen atoms in total. The molecule has 0 aromatic carbocycles. The van der Waals surface area contributed by atoms with E-state index in [1.54, 1.807) is 0 Å². The van der Waals surface area contributed by atoms with Crippen LogP contribution in [-0.4, -0.2) is 42.7 Å². The maximum absolute atomic E-state index is 12.8. The lowest BCUT2D eigenvalue weighted by molar-refractivity contribution is -0.196. The number of alkyl halides is 12. The minimum Gasteiger partial charge on any atom is -0.367 e. The summed E-state index contributed by atoms with van der Waals surface area (Å²) in [6.07, 6.45) is -25.6. The van der Waals surface area contributed by atoms with Crippen molar-refractivity contribution in [3.05, 3.63) is 11.3 Å². The van der Waals surface area contributed by atoms with E-state index in [1.807, 2.05) is 0 Å². The highest BCUT2D eigenvalue weighted by Crippen LogP contribution is 2.47. The zero-order valence-electron chi connectivity index (χ0n) is 11.4. The van der Waals surface area contributed by atoms with Gasteiger partial charge in [-0.05, 0) is 12.8 Å². The summed E-state index contributed by atoms with van der Waals surface area (Å²) in [5.41, 5.74) is -6.78. The third-order valence-corrected chi connectivity index (χ3v) is 3.35. The van der Waals surface area contributed by atoms with Gasteiger partial charge in [-0.15, -0.1) is 0 Å². The Morgan fingerprint density at radius 2 is 1.00 bits per heavy atom. The van der Waals surface area contributed by atoms with Crippen LogP contribution >= 0.6 is 0 Å². The fourth-order valence-electron chi connectivity index (χ4n) is 2.34. The van der Waals surface area contributed by atoms with Crippen molar-refractivity contribution < 1.29 is 52.7 Å². The Morgan fingerprint density at radius 1 is 0.625 bits per heavy atom. The van der Waals surface area contributed by atoms with Crippen LogP contribution in [0.2, 0.25) is 0 Å². The van der Waals surface area contributed by atoms with Crippen LogP contribution in [0.4, 0.5) is 52.7 Å². The molecule has 1 aliphatic heterocycles. The van der Waals surface area contributed by atoms with Crippen molar-refractivity contribution in [3.8, 4) is 0 Å². The first kappa shape index (κ1) is 20.7. The largest absolute Gasteiger partial charge is 0.431 e. The Balaban J connectivity index is 3.32. The van der Waals surface area contributed by atoms with E-state index >= 15 is 0 Å². The molecule has 1 rings (SSSR count). The van der Waals surface area contributed by atoms with E-state index in [0.29, 0.717) is 0 Å². The van der Waals surface area contributed by atoms with Crippen molar-refractivity contribution in [2.24, 2.45) is 5.92 Å². The van der Waals surface area contributed by atoms with Crippen LogP contribution in [0.25, 0.3) is 0 Å². The van der Waals surface area contributed by atoms with E-state index in [-0.39, 0.29) is 4.90 Å². The number of piperidine rings is 1. The number of likely N-dealkylation sites (tertiary alicyclic amines) is 1. The molecule has 0 aliphatic carbocycles. The van der Waals surface area contributed by atoms with Gasteiger partial charge in [0.25, 0.3) is 0 Å². The first-order chi connectivity index (χ1) is 10.5. The fourth-order valence-corrected chi connectivity index (χ4v) is 2.34. The Labute approximate surface area is 126 Å².